The van der Waals surface area contributed by atoms with Gasteiger partial charge in [0.1, 0.15) is 11.4 Å². The van der Waals surface area contributed by atoms with Crippen LogP contribution < -0.4 is 10.0 Å². The number of hydrogen-bond acceptors (Lipinski definition) is 6. The van der Waals surface area contributed by atoms with Gasteiger partial charge in [-0.25, -0.2) is 22.3 Å². The Balaban J connectivity index is 0.00000338. The third kappa shape index (κ3) is 5.14. The lowest BCUT2D eigenvalue weighted by Gasteiger charge is -2.37. The molecule has 1 aliphatic heterocycles. The molecular weight excluding hydrogens is 387 g/mol. The maximum absolute atomic E-state index is 14.0. The molecule has 0 atom stereocenters. The van der Waals surface area contributed by atoms with Crippen molar-refractivity contribution in [3.05, 3.63) is 29.6 Å². The molecule has 2 N–H and O–H groups in total. The van der Waals surface area contributed by atoms with E-state index in [4.69, 9.17) is 4.74 Å². The zero-order valence-corrected chi connectivity index (χ0v) is 16.3. The molecule has 10 heteroatoms. The molecule has 1 aromatic rings. The van der Waals surface area contributed by atoms with E-state index in [9.17, 15) is 17.6 Å². The lowest BCUT2D eigenvalue weighted by molar-refractivity contribution is 0.0575. The predicted octanol–water partition coefficient (Wildman–Crippen LogP) is 1.33. The SMILES string of the molecule is COCC1(CNS(=O)(=O)c2cccc(F)c2C(=O)OC)CCNCC1.Cl. The smallest absolute Gasteiger partial charge is 0.342 e. The third-order valence-electron chi connectivity index (χ3n) is 4.41. The molecule has 0 saturated carbocycles. The van der Waals surface area contributed by atoms with Gasteiger partial charge in [-0.3, -0.25) is 0 Å². The fraction of sp³-hybridized carbons (Fsp3) is 0.562. The van der Waals surface area contributed by atoms with E-state index in [2.05, 4.69) is 14.8 Å². The Morgan fingerprint density at radius 2 is 1.96 bits per heavy atom. The molecule has 0 aromatic heterocycles. The van der Waals surface area contributed by atoms with Crippen LogP contribution in [0.15, 0.2) is 23.1 Å². The summed E-state index contributed by atoms with van der Waals surface area (Å²) in [5, 5.41) is 3.22. The summed E-state index contributed by atoms with van der Waals surface area (Å²) in [6.07, 6.45) is 1.49. The number of nitrogens with one attached hydrogen (secondary N) is 2. The van der Waals surface area contributed by atoms with Crippen LogP contribution in [0.1, 0.15) is 23.2 Å². The number of piperidine rings is 1. The quantitative estimate of drug-likeness (QED) is 0.659. The fourth-order valence-electron chi connectivity index (χ4n) is 2.99. The molecule has 0 radical (unpaired) electrons. The molecule has 0 aliphatic carbocycles. The maximum Gasteiger partial charge on any atom is 0.342 e. The van der Waals surface area contributed by atoms with Gasteiger partial charge in [-0.1, -0.05) is 6.07 Å². The molecule has 1 fully saturated rings. The molecule has 1 aromatic carbocycles. The first-order chi connectivity index (χ1) is 11.9. The van der Waals surface area contributed by atoms with Gasteiger partial charge in [-0.2, -0.15) is 0 Å². The van der Waals surface area contributed by atoms with Crippen molar-refractivity contribution in [2.75, 3.05) is 40.5 Å². The maximum atomic E-state index is 14.0. The molecule has 0 bridgehead atoms. The first kappa shape index (κ1) is 22.8. The molecule has 26 heavy (non-hydrogen) atoms. The lowest BCUT2D eigenvalue weighted by Crippen LogP contribution is -2.47. The van der Waals surface area contributed by atoms with E-state index in [1.165, 1.54) is 12.1 Å². The van der Waals surface area contributed by atoms with Crippen LogP contribution in [0.4, 0.5) is 4.39 Å². The van der Waals surface area contributed by atoms with Gasteiger partial charge in [-0.15, -0.1) is 12.4 Å². The van der Waals surface area contributed by atoms with Crippen molar-refractivity contribution in [2.24, 2.45) is 5.41 Å². The summed E-state index contributed by atoms with van der Waals surface area (Å²) in [7, 11) is -1.45. The van der Waals surface area contributed by atoms with E-state index in [0.29, 0.717) is 6.61 Å². The van der Waals surface area contributed by atoms with Crippen molar-refractivity contribution in [2.45, 2.75) is 17.7 Å². The highest BCUT2D eigenvalue weighted by Crippen LogP contribution is 2.29. The Kier molecular flexibility index (Phi) is 8.42. The summed E-state index contributed by atoms with van der Waals surface area (Å²) in [5.41, 5.74) is -0.935. The first-order valence-electron chi connectivity index (χ1n) is 7.91. The molecule has 7 nitrogen and oxygen atoms in total. The number of rotatable bonds is 7. The molecular formula is C16H24ClFN2O5S. The minimum absolute atomic E-state index is 0. The topological polar surface area (TPSA) is 93.7 Å². The molecule has 1 heterocycles. The highest BCUT2D eigenvalue weighted by atomic mass is 35.5. The number of methoxy groups -OCH3 is 2. The van der Waals surface area contributed by atoms with Crippen LogP contribution in [0, 0.1) is 11.2 Å². The summed E-state index contributed by atoms with van der Waals surface area (Å²) in [6.45, 7) is 2.07. The Morgan fingerprint density at radius 3 is 2.54 bits per heavy atom. The van der Waals surface area contributed by atoms with Gasteiger partial charge in [0.2, 0.25) is 10.0 Å². The van der Waals surface area contributed by atoms with Crippen LogP contribution in [-0.4, -0.2) is 54.8 Å². The van der Waals surface area contributed by atoms with Gasteiger partial charge in [-0.05, 0) is 38.1 Å². The minimum Gasteiger partial charge on any atom is -0.465 e. The Hall–Kier alpha value is -1.26. The van der Waals surface area contributed by atoms with Crippen LogP contribution in [0.25, 0.3) is 0 Å². The van der Waals surface area contributed by atoms with Crippen molar-refractivity contribution in [1.29, 1.82) is 0 Å². The van der Waals surface area contributed by atoms with Crippen molar-refractivity contribution in [1.82, 2.24) is 10.0 Å². The van der Waals surface area contributed by atoms with Crippen molar-refractivity contribution >= 4 is 28.4 Å². The average Bonchev–Trinajstić information content (AvgIpc) is 2.60. The van der Waals surface area contributed by atoms with E-state index < -0.39 is 32.3 Å². The van der Waals surface area contributed by atoms with Gasteiger partial charge in [0.15, 0.2) is 0 Å². The standard InChI is InChI=1S/C16H23FN2O5S.ClH/c1-23-11-16(6-8-18-9-7-16)10-19-25(21,22)13-5-3-4-12(17)14(13)15(20)24-2;/h3-5,18-19H,6-11H2,1-2H3;1H. The van der Waals surface area contributed by atoms with E-state index in [1.807, 2.05) is 0 Å². The van der Waals surface area contributed by atoms with Gasteiger partial charge in [0, 0.05) is 19.1 Å². The Labute approximate surface area is 159 Å². The largest absolute Gasteiger partial charge is 0.465 e. The Bertz CT molecular complexity index is 718. The van der Waals surface area contributed by atoms with Gasteiger partial charge in [0.05, 0.1) is 18.6 Å². The monoisotopic (exact) mass is 410 g/mol. The number of sulfonamides is 1. The van der Waals surface area contributed by atoms with E-state index in [0.717, 1.165) is 39.1 Å². The second-order valence-corrected chi connectivity index (χ2v) is 7.85. The normalized spacial score (nSPS) is 16.6. The van der Waals surface area contributed by atoms with Gasteiger partial charge >= 0.3 is 5.97 Å². The lowest BCUT2D eigenvalue weighted by atomic mass is 9.80. The van der Waals surface area contributed by atoms with Gasteiger partial charge < -0.3 is 14.8 Å². The average molecular weight is 411 g/mol. The molecule has 2 rings (SSSR count). The van der Waals surface area contributed by atoms with Crippen LogP contribution in [0.2, 0.25) is 0 Å². The number of benzene rings is 1. The molecule has 1 saturated heterocycles. The summed E-state index contributed by atoms with van der Waals surface area (Å²) in [4.78, 5) is 11.4. The first-order valence-corrected chi connectivity index (χ1v) is 9.40. The number of carbonyl (C=O) groups is 1. The Morgan fingerprint density at radius 1 is 1.31 bits per heavy atom. The number of halogens is 2. The third-order valence-corrected chi connectivity index (χ3v) is 5.85. The van der Waals surface area contributed by atoms with E-state index in [-0.39, 0.29) is 24.4 Å². The van der Waals surface area contributed by atoms with Crippen molar-refractivity contribution in [3.8, 4) is 0 Å². The highest BCUT2D eigenvalue weighted by Gasteiger charge is 2.35. The summed E-state index contributed by atoms with van der Waals surface area (Å²) in [6, 6.07) is 3.44. The number of ether oxygens (including phenoxy) is 2. The number of esters is 1. The van der Waals surface area contributed by atoms with Crippen LogP contribution in [-0.2, 0) is 19.5 Å². The second kappa shape index (κ2) is 9.61. The summed E-state index contributed by atoms with van der Waals surface area (Å²) in [5.74, 6) is -1.98. The zero-order chi connectivity index (χ0) is 18.5. The van der Waals surface area contributed by atoms with Crippen LogP contribution in [0.3, 0.4) is 0 Å². The zero-order valence-electron chi connectivity index (χ0n) is 14.7. The molecule has 148 valence electrons. The van der Waals surface area contributed by atoms with E-state index >= 15 is 0 Å². The molecule has 1 aliphatic rings. The predicted molar refractivity (Wildman–Crippen MR) is 96.6 cm³/mol. The summed E-state index contributed by atoms with van der Waals surface area (Å²) >= 11 is 0. The fourth-order valence-corrected chi connectivity index (χ4v) is 4.35. The van der Waals surface area contributed by atoms with Crippen LogP contribution >= 0.6 is 12.4 Å². The van der Waals surface area contributed by atoms with Crippen molar-refractivity contribution < 1.29 is 27.1 Å². The second-order valence-electron chi connectivity index (χ2n) is 6.11. The van der Waals surface area contributed by atoms with Gasteiger partial charge in [0.25, 0.3) is 0 Å². The van der Waals surface area contributed by atoms with E-state index in [1.54, 1.807) is 7.11 Å². The minimum atomic E-state index is -4.09. The van der Waals surface area contributed by atoms with Crippen molar-refractivity contribution in [3.63, 3.8) is 0 Å². The molecule has 0 unspecified atom stereocenters. The number of hydrogen-bond donors (Lipinski definition) is 2. The highest BCUT2D eigenvalue weighted by molar-refractivity contribution is 7.89. The molecule has 0 amide bonds. The van der Waals surface area contributed by atoms with Crippen LogP contribution in [0.5, 0.6) is 0 Å². The number of carbonyl (C=O) groups excluding carboxylic acids is 1. The molecule has 0 spiro atoms. The summed E-state index contributed by atoms with van der Waals surface area (Å²) < 4.78 is 51.6.